The third kappa shape index (κ3) is 4.40. The van der Waals surface area contributed by atoms with Crippen LogP contribution in [0.15, 0.2) is 162 Å². The molecule has 0 amide bonds. The molecule has 1 N–H and O–H groups in total. The largest absolute Gasteiger partial charge is 0.456 e. The molecule has 7 aromatic carbocycles. The molecule has 0 aliphatic heterocycles. The van der Waals surface area contributed by atoms with Gasteiger partial charge in [-0.2, -0.15) is 0 Å². The van der Waals surface area contributed by atoms with Gasteiger partial charge in [-0.3, -0.25) is 0 Å². The van der Waals surface area contributed by atoms with E-state index in [2.05, 4.69) is 163 Å². The van der Waals surface area contributed by atoms with Gasteiger partial charge in [0.25, 0.3) is 0 Å². The van der Waals surface area contributed by atoms with Crippen LogP contribution in [0.25, 0.3) is 75.5 Å². The van der Waals surface area contributed by atoms with E-state index in [4.69, 9.17) is 4.42 Å². The molecule has 2 heterocycles. The minimum atomic E-state index is 0.877. The minimum Gasteiger partial charge on any atom is -0.456 e. The van der Waals surface area contributed by atoms with Crippen molar-refractivity contribution in [3.63, 3.8) is 0 Å². The first-order chi connectivity index (χ1) is 22.3. The molecule has 2 nitrogen and oxygen atoms in total. The van der Waals surface area contributed by atoms with Crippen LogP contribution in [-0.2, 0) is 0 Å². The van der Waals surface area contributed by atoms with Gasteiger partial charge in [-0.25, -0.2) is 0 Å². The molecule has 0 bridgehead atoms. The van der Waals surface area contributed by atoms with Gasteiger partial charge in [0, 0.05) is 31.2 Å². The van der Waals surface area contributed by atoms with Gasteiger partial charge >= 0.3 is 0 Å². The number of hydrogen-bond donors (Lipinski definition) is 1. The SMILES string of the molecule is c1ccc(-c2ccc3oc4cccc(Nc5cccc6sc7ccc(-c8ccccc8-c8ccccc8)cc7c56)c4c3c2)cc1. The van der Waals surface area contributed by atoms with E-state index >= 15 is 0 Å². The Labute approximate surface area is 264 Å². The normalized spacial score (nSPS) is 11.6. The van der Waals surface area contributed by atoms with Gasteiger partial charge in [0.15, 0.2) is 0 Å². The highest BCUT2D eigenvalue weighted by molar-refractivity contribution is 7.26. The van der Waals surface area contributed by atoms with E-state index in [0.717, 1.165) is 33.3 Å². The van der Waals surface area contributed by atoms with Crippen molar-refractivity contribution >= 4 is 64.8 Å². The van der Waals surface area contributed by atoms with Crippen molar-refractivity contribution in [2.24, 2.45) is 0 Å². The monoisotopic (exact) mass is 593 g/mol. The lowest BCUT2D eigenvalue weighted by Gasteiger charge is -2.12. The summed E-state index contributed by atoms with van der Waals surface area (Å²) in [6.45, 7) is 0. The van der Waals surface area contributed by atoms with Crippen LogP contribution < -0.4 is 5.32 Å². The summed E-state index contributed by atoms with van der Waals surface area (Å²) in [7, 11) is 0. The molecule has 0 fully saturated rings. The second kappa shape index (κ2) is 10.5. The Bertz CT molecular complexity index is 2510. The predicted octanol–water partition coefficient (Wildman–Crippen LogP) is 12.7. The van der Waals surface area contributed by atoms with Crippen LogP contribution in [-0.4, -0.2) is 0 Å². The van der Waals surface area contributed by atoms with Crippen molar-refractivity contribution in [2.75, 3.05) is 5.32 Å². The Morgan fingerprint density at radius 3 is 1.84 bits per heavy atom. The summed E-state index contributed by atoms with van der Waals surface area (Å²) in [5, 5.41) is 8.55. The standard InChI is InChI=1S/C42H27NOS/c1-3-11-27(12-4-1)29-21-23-37-33(25-29)41-35(17-9-19-38(41)44-37)43-36-18-10-20-40-42(36)34-26-30(22-24-39(34)45-40)32-16-8-7-15-31(32)28-13-5-2-6-14-28/h1-26,43H. The van der Waals surface area contributed by atoms with Gasteiger partial charge in [-0.1, -0.05) is 109 Å². The molecule has 0 aliphatic carbocycles. The third-order valence-corrected chi connectivity index (χ3v) is 9.83. The smallest absolute Gasteiger partial charge is 0.137 e. The zero-order valence-corrected chi connectivity index (χ0v) is 25.1. The summed E-state index contributed by atoms with van der Waals surface area (Å²) in [5.74, 6) is 0. The van der Waals surface area contributed by atoms with Crippen LogP contribution >= 0.6 is 11.3 Å². The molecular weight excluding hydrogens is 567 g/mol. The van der Waals surface area contributed by atoms with Crippen molar-refractivity contribution < 1.29 is 4.42 Å². The molecule has 2 aromatic heterocycles. The number of nitrogens with one attached hydrogen (secondary N) is 1. The Morgan fingerprint density at radius 1 is 0.400 bits per heavy atom. The van der Waals surface area contributed by atoms with Crippen LogP contribution in [0.2, 0.25) is 0 Å². The number of hydrogen-bond acceptors (Lipinski definition) is 3. The molecule has 212 valence electrons. The first-order valence-corrected chi connectivity index (χ1v) is 16.0. The maximum absolute atomic E-state index is 6.34. The molecule has 0 aliphatic rings. The van der Waals surface area contributed by atoms with Crippen LogP contribution in [0.1, 0.15) is 0 Å². The van der Waals surface area contributed by atoms with Gasteiger partial charge in [0.2, 0.25) is 0 Å². The fourth-order valence-corrected chi connectivity index (χ4v) is 7.70. The van der Waals surface area contributed by atoms with E-state index in [0.29, 0.717) is 0 Å². The number of thiophene rings is 1. The number of anilines is 2. The maximum atomic E-state index is 6.34. The summed E-state index contributed by atoms with van der Waals surface area (Å²) in [5.41, 5.74) is 11.2. The van der Waals surface area contributed by atoms with Crippen LogP contribution in [0, 0.1) is 0 Å². The van der Waals surface area contributed by atoms with Gasteiger partial charge in [-0.05, 0) is 81.9 Å². The van der Waals surface area contributed by atoms with Gasteiger partial charge in [-0.15, -0.1) is 11.3 Å². The summed E-state index contributed by atoms with van der Waals surface area (Å²) in [6, 6.07) is 56.1. The average Bonchev–Trinajstić information content (AvgIpc) is 3.68. The average molecular weight is 594 g/mol. The molecular formula is C42H27NOS. The molecule has 0 saturated carbocycles. The highest BCUT2D eigenvalue weighted by atomic mass is 32.1. The molecule has 0 unspecified atom stereocenters. The molecule has 0 atom stereocenters. The topological polar surface area (TPSA) is 25.2 Å². The van der Waals surface area contributed by atoms with E-state index in [1.54, 1.807) is 0 Å². The lowest BCUT2D eigenvalue weighted by atomic mass is 9.94. The number of fused-ring (bicyclic) bond motifs is 6. The van der Waals surface area contributed by atoms with E-state index in [9.17, 15) is 0 Å². The van der Waals surface area contributed by atoms with Crippen molar-refractivity contribution in [2.45, 2.75) is 0 Å². The van der Waals surface area contributed by atoms with Gasteiger partial charge in [0.1, 0.15) is 11.2 Å². The molecule has 0 spiro atoms. The quantitative estimate of drug-likeness (QED) is 0.215. The summed E-state index contributed by atoms with van der Waals surface area (Å²) >= 11 is 1.84. The van der Waals surface area contributed by atoms with Gasteiger partial charge < -0.3 is 9.73 Å². The van der Waals surface area contributed by atoms with Crippen LogP contribution in [0.4, 0.5) is 11.4 Å². The highest BCUT2D eigenvalue weighted by Crippen LogP contribution is 2.44. The summed E-state index contributed by atoms with van der Waals surface area (Å²) in [6.07, 6.45) is 0. The Kier molecular flexibility index (Phi) is 6.03. The maximum Gasteiger partial charge on any atom is 0.137 e. The number of furan rings is 1. The fourth-order valence-electron chi connectivity index (χ4n) is 6.59. The van der Waals surface area contributed by atoms with Crippen molar-refractivity contribution in [1.82, 2.24) is 0 Å². The van der Waals surface area contributed by atoms with E-state index in [1.165, 1.54) is 53.6 Å². The minimum absolute atomic E-state index is 0.877. The fraction of sp³-hybridized carbons (Fsp3) is 0. The highest BCUT2D eigenvalue weighted by Gasteiger charge is 2.16. The van der Waals surface area contributed by atoms with Crippen molar-refractivity contribution in [1.29, 1.82) is 0 Å². The van der Waals surface area contributed by atoms with Crippen molar-refractivity contribution in [3.8, 4) is 33.4 Å². The Morgan fingerprint density at radius 2 is 1.04 bits per heavy atom. The zero-order valence-electron chi connectivity index (χ0n) is 24.3. The van der Waals surface area contributed by atoms with E-state index in [1.807, 2.05) is 11.3 Å². The Hall–Kier alpha value is -5.64. The first-order valence-electron chi connectivity index (χ1n) is 15.2. The lowest BCUT2D eigenvalue weighted by Crippen LogP contribution is -1.91. The molecule has 9 rings (SSSR count). The van der Waals surface area contributed by atoms with Crippen molar-refractivity contribution in [3.05, 3.63) is 158 Å². The summed E-state index contributed by atoms with van der Waals surface area (Å²) < 4.78 is 8.88. The van der Waals surface area contributed by atoms with E-state index in [-0.39, 0.29) is 0 Å². The molecule has 45 heavy (non-hydrogen) atoms. The zero-order chi connectivity index (χ0) is 29.7. The number of rotatable bonds is 5. The van der Waals surface area contributed by atoms with Crippen LogP contribution in [0.3, 0.4) is 0 Å². The van der Waals surface area contributed by atoms with Gasteiger partial charge in [0.05, 0.1) is 11.1 Å². The summed E-state index contributed by atoms with van der Waals surface area (Å²) in [4.78, 5) is 0. The molecule has 9 aromatic rings. The van der Waals surface area contributed by atoms with Crippen LogP contribution in [0.5, 0.6) is 0 Å². The Balaban J connectivity index is 1.20. The molecule has 0 radical (unpaired) electrons. The predicted molar refractivity (Wildman–Crippen MR) is 193 cm³/mol. The third-order valence-electron chi connectivity index (χ3n) is 8.69. The second-order valence-electron chi connectivity index (χ2n) is 11.4. The lowest BCUT2D eigenvalue weighted by molar-refractivity contribution is 0.669. The second-order valence-corrected chi connectivity index (χ2v) is 12.5. The molecule has 3 heteroatoms. The first kappa shape index (κ1) is 25.8. The van der Waals surface area contributed by atoms with E-state index < -0.39 is 0 Å². The number of benzene rings is 7. The molecule has 0 saturated heterocycles.